The van der Waals surface area contributed by atoms with Crippen LogP contribution in [0.1, 0.15) is 25.5 Å². The van der Waals surface area contributed by atoms with Crippen molar-refractivity contribution >= 4 is 15.7 Å². The Balaban J connectivity index is 2.52. The van der Waals surface area contributed by atoms with Gasteiger partial charge in [0, 0.05) is 6.07 Å². The van der Waals surface area contributed by atoms with Crippen LogP contribution in [0.15, 0.2) is 10.6 Å². The van der Waals surface area contributed by atoms with Crippen LogP contribution in [-0.2, 0) is 14.6 Å². The summed E-state index contributed by atoms with van der Waals surface area (Å²) in [6.45, 7) is 1.67. The van der Waals surface area contributed by atoms with Crippen molar-refractivity contribution in [2.75, 3.05) is 11.5 Å². The van der Waals surface area contributed by atoms with Gasteiger partial charge in [0.2, 0.25) is 5.88 Å². The van der Waals surface area contributed by atoms with Crippen molar-refractivity contribution in [3.8, 4) is 0 Å². The van der Waals surface area contributed by atoms with Crippen LogP contribution in [0.4, 0.5) is 5.88 Å². The molecular weight excluding hydrogens is 204 g/mol. The molecule has 14 heavy (non-hydrogen) atoms. The van der Waals surface area contributed by atoms with E-state index >= 15 is 0 Å². The highest BCUT2D eigenvalue weighted by molar-refractivity contribution is 7.92. The summed E-state index contributed by atoms with van der Waals surface area (Å²) in [5.41, 5.74) is 5.79. The summed E-state index contributed by atoms with van der Waals surface area (Å²) in [4.78, 5) is 0. The van der Waals surface area contributed by atoms with Crippen LogP contribution in [0.5, 0.6) is 0 Å². The van der Waals surface area contributed by atoms with Gasteiger partial charge in [-0.3, -0.25) is 0 Å². The van der Waals surface area contributed by atoms with E-state index in [0.717, 1.165) is 0 Å². The summed E-state index contributed by atoms with van der Waals surface area (Å²) in [6, 6.07) is 1.49. The summed E-state index contributed by atoms with van der Waals surface area (Å²) in [5, 5.41) is 3.69. The first kappa shape index (κ1) is 9.51. The third-order valence-electron chi connectivity index (χ3n) is 2.82. The molecule has 0 aliphatic carbocycles. The van der Waals surface area contributed by atoms with Gasteiger partial charge in [-0.2, -0.15) is 0 Å². The van der Waals surface area contributed by atoms with Gasteiger partial charge in [-0.25, -0.2) is 8.42 Å². The minimum Gasteiger partial charge on any atom is -0.368 e. The Kier molecular flexibility index (Phi) is 1.85. The predicted octanol–water partition coefficient (Wildman–Crippen LogP) is 0.681. The van der Waals surface area contributed by atoms with Crippen molar-refractivity contribution in [2.24, 2.45) is 0 Å². The Bertz CT molecular complexity index is 451. The van der Waals surface area contributed by atoms with Crippen molar-refractivity contribution in [1.29, 1.82) is 0 Å². The smallest absolute Gasteiger partial charge is 0.222 e. The van der Waals surface area contributed by atoms with Crippen LogP contribution >= 0.6 is 0 Å². The first-order chi connectivity index (χ1) is 6.46. The fraction of sp³-hybridized carbons (Fsp3) is 0.625. The lowest BCUT2D eigenvalue weighted by Crippen LogP contribution is -2.28. The van der Waals surface area contributed by atoms with Crippen LogP contribution in [0.2, 0.25) is 0 Å². The highest BCUT2D eigenvalue weighted by Gasteiger charge is 2.47. The fourth-order valence-corrected chi connectivity index (χ4v) is 3.65. The largest absolute Gasteiger partial charge is 0.368 e. The molecule has 0 saturated carbocycles. The standard InChI is InChI=1S/C8H12N2O3S/c1-8(3-2-4-14(8,11)12)6-5-7(9)13-10-6/h5H,2-4,9H2,1H3. The molecule has 0 amide bonds. The van der Waals surface area contributed by atoms with E-state index in [1.165, 1.54) is 6.07 Å². The molecule has 2 rings (SSSR count). The maximum Gasteiger partial charge on any atom is 0.222 e. The molecule has 5 nitrogen and oxygen atoms in total. The average Bonchev–Trinajstić information content (AvgIpc) is 2.60. The Morgan fingerprint density at radius 1 is 1.64 bits per heavy atom. The van der Waals surface area contributed by atoms with Crippen LogP contribution < -0.4 is 5.73 Å². The highest BCUT2D eigenvalue weighted by Crippen LogP contribution is 2.40. The monoisotopic (exact) mass is 216 g/mol. The van der Waals surface area contributed by atoms with E-state index in [9.17, 15) is 8.42 Å². The Labute approximate surface area is 82.2 Å². The van der Waals surface area contributed by atoms with Crippen molar-refractivity contribution < 1.29 is 12.9 Å². The molecule has 1 aliphatic heterocycles. The second kappa shape index (κ2) is 2.73. The van der Waals surface area contributed by atoms with Gasteiger partial charge in [0.05, 0.1) is 5.75 Å². The van der Waals surface area contributed by atoms with E-state index in [0.29, 0.717) is 18.5 Å². The molecular formula is C8H12N2O3S. The Morgan fingerprint density at radius 3 is 2.79 bits per heavy atom. The van der Waals surface area contributed by atoms with Gasteiger partial charge in [-0.05, 0) is 19.8 Å². The van der Waals surface area contributed by atoms with E-state index in [2.05, 4.69) is 5.16 Å². The molecule has 0 aromatic carbocycles. The number of nitrogen functional groups attached to an aromatic ring is 1. The quantitative estimate of drug-likeness (QED) is 0.746. The number of rotatable bonds is 1. The Morgan fingerprint density at radius 2 is 2.36 bits per heavy atom. The zero-order valence-electron chi connectivity index (χ0n) is 7.86. The lowest BCUT2D eigenvalue weighted by atomic mass is 10.0. The van der Waals surface area contributed by atoms with E-state index in [1.807, 2.05) is 0 Å². The zero-order chi connectivity index (χ0) is 10.4. The topological polar surface area (TPSA) is 86.2 Å². The number of nitrogens with two attached hydrogens (primary N) is 1. The van der Waals surface area contributed by atoms with E-state index < -0.39 is 14.6 Å². The van der Waals surface area contributed by atoms with Gasteiger partial charge in [0.25, 0.3) is 0 Å². The third-order valence-corrected chi connectivity index (χ3v) is 5.44. The SMILES string of the molecule is CC1(c2cc(N)on2)CCCS1(=O)=O. The number of anilines is 1. The molecule has 1 fully saturated rings. The first-order valence-electron chi connectivity index (χ1n) is 4.41. The van der Waals surface area contributed by atoms with Crippen LogP contribution in [0.25, 0.3) is 0 Å². The number of sulfone groups is 1. The summed E-state index contributed by atoms with van der Waals surface area (Å²) < 4.78 is 27.3. The third kappa shape index (κ3) is 1.13. The van der Waals surface area contributed by atoms with Gasteiger partial charge >= 0.3 is 0 Å². The average molecular weight is 216 g/mol. The second-order valence-electron chi connectivity index (χ2n) is 3.77. The molecule has 1 saturated heterocycles. The minimum absolute atomic E-state index is 0.156. The minimum atomic E-state index is -3.10. The maximum atomic E-state index is 11.8. The molecule has 0 spiro atoms. The summed E-state index contributed by atoms with van der Waals surface area (Å²) >= 11 is 0. The molecule has 2 N–H and O–H groups in total. The summed E-state index contributed by atoms with van der Waals surface area (Å²) in [5.74, 6) is 0.374. The van der Waals surface area contributed by atoms with Crippen molar-refractivity contribution in [3.63, 3.8) is 0 Å². The fourth-order valence-electron chi connectivity index (χ4n) is 1.81. The predicted molar refractivity (Wildman–Crippen MR) is 51.3 cm³/mol. The molecule has 0 bridgehead atoms. The number of hydrogen-bond donors (Lipinski definition) is 1. The number of hydrogen-bond acceptors (Lipinski definition) is 5. The van der Waals surface area contributed by atoms with Gasteiger partial charge in [-0.15, -0.1) is 0 Å². The summed E-state index contributed by atoms with van der Waals surface area (Å²) in [7, 11) is -3.10. The van der Waals surface area contributed by atoms with E-state index in [-0.39, 0.29) is 11.6 Å². The normalized spacial score (nSPS) is 30.6. The molecule has 1 atom stereocenters. The molecule has 0 radical (unpaired) electrons. The second-order valence-corrected chi connectivity index (χ2v) is 6.31. The Hall–Kier alpha value is -1.04. The lowest BCUT2D eigenvalue weighted by Gasteiger charge is -2.18. The molecule has 1 aromatic heterocycles. The molecule has 78 valence electrons. The van der Waals surface area contributed by atoms with Gasteiger partial charge in [-0.1, -0.05) is 5.16 Å². The molecule has 1 unspecified atom stereocenters. The van der Waals surface area contributed by atoms with Crippen LogP contribution in [-0.4, -0.2) is 19.3 Å². The molecule has 6 heteroatoms. The van der Waals surface area contributed by atoms with E-state index in [4.69, 9.17) is 10.3 Å². The number of nitrogens with zero attached hydrogens (tertiary/aromatic N) is 1. The molecule has 1 aliphatic rings. The first-order valence-corrected chi connectivity index (χ1v) is 6.06. The zero-order valence-corrected chi connectivity index (χ0v) is 8.67. The van der Waals surface area contributed by atoms with Crippen LogP contribution in [0.3, 0.4) is 0 Å². The van der Waals surface area contributed by atoms with Gasteiger partial charge in [0.15, 0.2) is 9.84 Å². The van der Waals surface area contributed by atoms with Crippen molar-refractivity contribution in [2.45, 2.75) is 24.5 Å². The van der Waals surface area contributed by atoms with Crippen molar-refractivity contribution in [1.82, 2.24) is 5.16 Å². The number of aromatic nitrogens is 1. The highest BCUT2D eigenvalue weighted by atomic mass is 32.2. The lowest BCUT2D eigenvalue weighted by molar-refractivity contribution is 0.411. The van der Waals surface area contributed by atoms with E-state index in [1.54, 1.807) is 6.92 Å². The molecule has 2 heterocycles. The van der Waals surface area contributed by atoms with Gasteiger partial charge < -0.3 is 10.3 Å². The van der Waals surface area contributed by atoms with Crippen LogP contribution in [0, 0.1) is 0 Å². The van der Waals surface area contributed by atoms with Crippen molar-refractivity contribution in [3.05, 3.63) is 11.8 Å². The maximum absolute atomic E-state index is 11.8. The summed E-state index contributed by atoms with van der Waals surface area (Å²) in [6.07, 6.45) is 1.26. The molecule has 1 aromatic rings. The van der Waals surface area contributed by atoms with Gasteiger partial charge in [0.1, 0.15) is 10.4 Å².